The summed E-state index contributed by atoms with van der Waals surface area (Å²) < 4.78 is 5.63. The SMILES string of the molecule is CCC1=NCC(C(=O)Nc2ccc3c(c2)OC[C@H](N)C3)=C1C. The van der Waals surface area contributed by atoms with Crippen LogP contribution in [0.2, 0.25) is 0 Å². The molecule has 2 aliphatic rings. The molecule has 2 heterocycles. The zero-order valence-corrected chi connectivity index (χ0v) is 13.0. The number of carbonyl (C=O) groups is 1. The minimum atomic E-state index is -0.0860. The molecule has 3 rings (SSSR count). The average molecular weight is 299 g/mol. The van der Waals surface area contributed by atoms with Crippen molar-refractivity contribution in [2.24, 2.45) is 10.7 Å². The Kier molecular flexibility index (Phi) is 3.98. The largest absolute Gasteiger partial charge is 0.492 e. The van der Waals surface area contributed by atoms with Gasteiger partial charge >= 0.3 is 0 Å². The standard InChI is InChI=1S/C17H21N3O2/c1-3-15-10(2)14(8-19-15)17(21)20-13-5-4-11-6-12(18)9-22-16(11)7-13/h4-5,7,12H,3,6,8-9,18H2,1-2H3,(H,20,21)/t12-/m1/s1. The van der Waals surface area contributed by atoms with E-state index in [2.05, 4.69) is 17.2 Å². The number of hydrogen-bond acceptors (Lipinski definition) is 4. The zero-order valence-electron chi connectivity index (χ0n) is 13.0. The molecule has 3 N–H and O–H groups in total. The molecule has 0 spiro atoms. The molecule has 0 unspecified atom stereocenters. The number of fused-ring (bicyclic) bond motifs is 1. The van der Waals surface area contributed by atoms with Gasteiger partial charge in [-0.2, -0.15) is 0 Å². The first kappa shape index (κ1) is 14.8. The van der Waals surface area contributed by atoms with E-state index in [9.17, 15) is 4.79 Å². The minimum Gasteiger partial charge on any atom is -0.492 e. The quantitative estimate of drug-likeness (QED) is 0.897. The van der Waals surface area contributed by atoms with Crippen LogP contribution in [0.5, 0.6) is 5.75 Å². The third-order valence-corrected chi connectivity index (χ3v) is 4.18. The van der Waals surface area contributed by atoms with Gasteiger partial charge in [-0.3, -0.25) is 9.79 Å². The van der Waals surface area contributed by atoms with E-state index in [4.69, 9.17) is 10.5 Å². The van der Waals surface area contributed by atoms with Gasteiger partial charge in [0.2, 0.25) is 0 Å². The number of nitrogens with two attached hydrogens (primary N) is 1. The number of anilines is 1. The second-order valence-electron chi connectivity index (χ2n) is 5.77. The Morgan fingerprint density at radius 1 is 1.50 bits per heavy atom. The normalized spacial score (nSPS) is 20.3. The number of nitrogens with zero attached hydrogens (tertiary/aromatic N) is 1. The van der Waals surface area contributed by atoms with Crippen LogP contribution in [0.15, 0.2) is 34.3 Å². The maximum atomic E-state index is 12.4. The number of benzene rings is 1. The fraction of sp³-hybridized carbons (Fsp3) is 0.412. The minimum absolute atomic E-state index is 0.0452. The molecular formula is C17H21N3O2. The van der Waals surface area contributed by atoms with E-state index in [1.165, 1.54) is 0 Å². The average Bonchev–Trinajstić information content (AvgIpc) is 2.88. The number of nitrogens with one attached hydrogen (secondary N) is 1. The van der Waals surface area contributed by atoms with Crippen molar-refractivity contribution in [2.75, 3.05) is 18.5 Å². The summed E-state index contributed by atoms with van der Waals surface area (Å²) in [6, 6.07) is 5.77. The molecule has 1 amide bonds. The Hall–Kier alpha value is -2.14. The van der Waals surface area contributed by atoms with E-state index in [1.54, 1.807) is 0 Å². The van der Waals surface area contributed by atoms with E-state index in [1.807, 2.05) is 25.1 Å². The predicted octanol–water partition coefficient (Wildman–Crippen LogP) is 2.07. The highest BCUT2D eigenvalue weighted by Gasteiger charge is 2.21. The van der Waals surface area contributed by atoms with E-state index in [-0.39, 0.29) is 11.9 Å². The second kappa shape index (κ2) is 5.93. The molecule has 1 aromatic rings. The molecule has 5 heteroatoms. The first-order valence-electron chi connectivity index (χ1n) is 7.64. The number of rotatable bonds is 3. The highest BCUT2D eigenvalue weighted by Crippen LogP contribution is 2.28. The van der Waals surface area contributed by atoms with E-state index >= 15 is 0 Å². The molecular weight excluding hydrogens is 278 g/mol. The Bertz CT molecular complexity index is 676. The molecule has 22 heavy (non-hydrogen) atoms. The first-order chi connectivity index (χ1) is 10.6. The molecule has 0 fully saturated rings. The molecule has 0 aromatic heterocycles. The van der Waals surface area contributed by atoms with E-state index < -0.39 is 0 Å². The van der Waals surface area contributed by atoms with Crippen molar-refractivity contribution >= 4 is 17.3 Å². The van der Waals surface area contributed by atoms with Crippen LogP contribution in [0.4, 0.5) is 5.69 Å². The molecule has 1 atom stereocenters. The second-order valence-corrected chi connectivity index (χ2v) is 5.77. The number of allylic oxidation sites excluding steroid dienone is 1. The fourth-order valence-corrected chi connectivity index (χ4v) is 2.88. The number of aliphatic imine (C=N–C) groups is 1. The Balaban J connectivity index is 1.74. The highest BCUT2D eigenvalue weighted by atomic mass is 16.5. The van der Waals surface area contributed by atoms with Crippen molar-refractivity contribution in [1.82, 2.24) is 0 Å². The zero-order chi connectivity index (χ0) is 15.7. The third kappa shape index (κ3) is 2.76. The summed E-state index contributed by atoms with van der Waals surface area (Å²) in [5.74, 6) is 0.722. The van der Waals surface area contributed by atoms with Crippen LogP contribution in [0.25, 0.3) is 0 Å². The topological polar surface area (TPSA) is 76.7 Å². The van der Waals surface area contributed by atoms with Gasteiger partial charge in [0.1, 0.15) is 12.4 Å². The van der Waals surface area contributed by atoms with E-state index in [0.29, 0.717) is 13.2 Å². The van der Waals surface area contributed by atoms with Gasteiger partial charge in [-0.25, -0.2) is 0 Å². The summed E-state index contributed by atoms with van der Waals surface area (Å²) in [5, 5.41) is 2.94. The molecule has 1 aromatic carbocycles. The van der Waals surface area contributed by atoms with Crippen molar-refractivity contribution in [3.05, 3.63) is 34.9 Å². The fourth-order valence-electron chi connectivity index (χ4n) is 2.88. The van der Waals surface area contributed by atoms with Crippen LogP contribution in [0, 0.1) is 0 Å². The molecule has 2 aliphatic heterocycles. The summed E-state index contributed by atoms with van der Waals surface area (Å²) in [6.45, 7) is 5.00. The van der Waals surface area contributed by atoms with Crippen molar-refractivity contribution < 1.29 is 9.53 Å². The van der Waals surface area contributed by atoms with Crippen LogP contribution in [-0.4, -0.2) is 30.8 Å². The van der Waals surface area contributed by atoms with Crippen molar-refractivity contribution in [3.8, 4) is 5.75 Å². The molecule has 0 saturated heterocycles. The molecule has 0 aliphatic carbocycles. The highest BCUT2D eigenvalue weighted by molar-refractivity contribution is 6.14. The van der Waals surface area contributed by atoms with E-state index in [0.717, 1.165) is 46.7 Å². The van der Waals surface area contributed by atoms with Gasteiger partial charge in [0, 0.05) is 29.1 Å². The monoisotopic (exact) mass is 299 g/mol. The maximum Gasteiger partial charge on any atom is 0.253 e. The Morgan fingerprint density at radius 2 is 2.32 bits per heavy atom. The number of hydrogen-bond donors (Lipinski definition) is 2. The van der Waals surface area contributed by atoms with Crippen LogP contribution in [0.3, 0.4) is 0 Å². The first-order valence-corrected chi connectivity index (χ1v) is 7.64. The van der Waals surface area contributed by atoms with Crippen molar-refractivity contribution in [2.45, 2.75) is 32.7 Å². The molecule has 116 valence electrons. The smallest absolute Gasteiger partial charge is 0.253 e. The van der Waals surface area contributed by atoms with Crippen LogP contribution in [-0.2, 0) is 11.2 Å². The lowest BCUT2D eigenvalue weighted by molar-refractivity contribution is -0.112. The molecule has 5 nitrogen and oxygen atoms in total. The maximum absolute atomic E-state index is 12.4. The van der Waals surface area contributed by atoms with Gasteiger partial charge in [-0.1, -0.05) is 13.0 Å². The predicted molar refractivity (Wildman–Crippen MR) is 87.5 cm³/mol. The van der Waals surface area contributed by atoms with Gasteiger partial charge in [0.05, 0.1) is 6.54 Å². The lowest BCUT2D eigenvalue weighted by Crippen LogP contribution is -2.33. The summed E-state index contributed by atoms with van der Waals surface area (Å²) in [5.41, 5.74) is 10.5. The van der Waals surface area contributed by atoms with Crippen molar-refractivity contribution in [3.63, 3.8) is 0 Å². The Labute approximate surface area is 130 Å². The van der Waals surface area contributed by atoms with Gasteiger partial charge in [-0.15, -0.1) is 0 Å². The lowest BCUT2D eigenvalue weighted by Gasteiger charge is -2.23. The Morgan fingerprint density at radius 3 is 3.05 bits per heavy atom. The van der Waals surface area contributed by atoms with Gasteiger partial charge in [-0.05, 0) is 37.0 Å². The van der Waals surface area contributed by atoms with Crippen molar-refractivity contribution in [1.29, 1.82) is 0 Å². The summed E-state index contributed by atoms with van der Waals surface area (Å²) >= 11 is 0. The molecule has 0 radical (unpaired) electrons. The molecule has 0 bridgehead atoms. The van der Waals surface area contributed by atoms with Gasteiger partial charge < -0.3 is 15.8 Å². The van der Waals surface area contributed by atoms with Crippen LogP contribution < -0.4 is 15.8 Å². The summed E-state index contributed by atoms with van der Waals surface area (Å²) in [4.78, 5) is 16.8. The van der Waals surface area contributed by atoms with Crippen LogP contribution >= 0.6 is 0 Å². The summed E-state index contributed by atoms with van der Waals surface area (Å²) in [6.07, 6.45) is 1.66. The number of carbonyl (C=O) groups excluding carboxylic acids is 1. The lowest BCUT2D eigenvalue weighted by atomic mass is 10.0. The number of amides is 1. The molecule has 0 saturated carbocycles. The van der Waals surface area contributed by atoms with Gasteiger partial charge in [0.15, 0.2) is 0 Å². The number of ether oxygens (including phenoxy) is 1. The third-order valence-electron chi connectivity index (χ3n) is 4.18. The summed E-state index contributed by atoms with van der Waals surface area (Å²) in [7, 11) is 0. The van der Waals surface area contributed by atoms with Gasteiger partial charge in [0.25, 0.3) is 5.91 Å². The van der Waals surface area contributed by atoms with Crippen LogP contribution in [0.1, 0.15) is 25.8 Å².